The predicted octanol–water partition coefficient (Wildman–Crippen LogP) is 1.39. The quantitative estimate of drug-likeness (QED) is 0.107. The number of aromatic nitrogens is 3. The average Bonchev–Trinajstić information content (AvgIpc) is 3.66. The van der Waals surface area contributed by atoms with Gasteiger partial charge in [-0.3, -0.25) is 28.8 Å². The second-order valence-corrected chi connectivity index (χ2v) is 15.1. The highest BCUT2D eigenvalue weighted by atomic mass is 16.2. The van der Waals surface area contributed by atoms with E-state index >= 15 is 0 Å². The first-order chi connectivity index (χ1) is 28.9. The summed E-state index contributed by atoms with van der Waals surface area (Å²) >= 11 is 0. The van der Waals surface area contributed by atoms with Crippen molar-refractivity contribution in [3.8, 4) is 0 Å². The minimum atomic E-state index is -1.49. The van der Waals surface area contributed by atoms with Crippen molar-refractivity contribution in [3.05, 3.63) is 132 Å². The van der Waals surface area contributed by atoms with Crippen molar-refractivity contribution in [2.24, 2.45) is 0 Å². The van der Waals surface area contributed by atoms with Gasteiger partial charge in [-0.2, -0.15) is 0 Å². The van der Waals surface area contributed by atoms with Crippen LogP contribution in [-0.2, 0) is 38.4 Å². The molecule has 0 spiro atoms. The summed E-state index contributed by atoms with van der Waals surface area (Å²) in [5, 5.41) is 15.0. The van der Waals surface area contributed by atoms with Crippen molar-refractivity contribution in [1.29, 1.82) is 0 Å². The van der Waals surface area contributed by atoms with E-state index in [1.165, 1.54) is 17.3 Å². The van der Waals surface area contributed by atoms with E-state index in [4.69, 9.17) is 0 Å². The van der Waals surface area contributed by atoms with Crippen LogP contribution in [0.3, 0.4) is 0 Å². The number of aromatic amines is 1. The molecule has 5 aromatic rings. The lowest BCUT2D eigenvalue weighted by Crippen LogP contribution is -2.59. The number of benzene rings is 3. The number of H-pyrrole nitrogens is 1. The van der Waals surface area contributed by atoms with E-state index in [1.54, 1.807) is 13.2 Å². The Bertz CT molecular complexity index is 2300. The maximum Gasteiger partial charge on any atom is 0.274 e. The fourth-order valence-electron chi connectivity index (χ4n) is 6.95. The molecule has 1 fully saturated rings. The number of carbonyl (C=O) groups excluding carboxylic acids is 6. The van der Waals surface area contributed by atoms with Crippen LogP contribution in [0, 0.1) is 0 Å². The summed E-state index contributed by atoms with van der Waals surface area (Å²) in [4.78, 5) is 98.8. The Morgan fingerprint density at radius 3 is 2.02 bits per heavy atom. The van der Waals surface area contributed by atoms with E-state index in [9.17, 15) is 28.8 Å². The minimum Gasteiger partial charge on any atom is -0.361 e. The molecule has 16 nitrogen and oxygen atoms in total. The molecule has 60 heavy (non-hydrogen) atoms. The Hall–Kier alpha value is -6.94. The lowest BCUT2D eigenvalue weighted by Gasteiger charge is -2.28. The molecule has 0 bridgehead atoms. The molecule has 6 rings (SSSR count). The van der Waals surface area contributed by atoms with E-state index in [0.29, 0.717) is 19.5 Å². The first kappa shape index (κ1) is 42.7. The second kappa shape index (κ2) is 20.2. The van der Waals surface area contributed by atoms with Gasteiger partial charge in [0.1, 0.15) is 18.1 Å². The van der Waals surface area contributed by atoms with Gasteiger partial charge in [0.05, 0.1) is 12.5 Å². The monoisotopic (exact) mass is 814 g/mol. The minimum absolute atomic E-state index is 0.0353. The van der Waals surface area contributed by atoms with Gasteiger partial charge in [0.2, 0.25) is 23.6 Å². The van der Waals surface area contributed by atoms with Crippen LogP contribution in [-0.4, -0.2) is 125 Å². The number of likely N-dealkylation sites (N-methyl/N-ethyl adjacent to an activating group) is 2. The van der Waals surface area contributed by atoms with Crippen LogP contribution in [0.25, 0.3) is 10.9 Å². The smallest absolute Gasteiger partial charge is 0.274 e. The first-order valence-corrected chi connectivity index (χ1v) is 19.8. The predicted molar refractivity (Wildman–Crippen MR) is 225 cm³/mol. The topological polar surface area (TPSA) is 211 Å². The molecule has 3 aromatic carbocycles. The average molecular weight is 815 g/mol. The number of para-hydroxylation sites is 1. The molecule has 1 saturated heterocycles. The molecule has 6 N–H and O–H groups in total. The molecule has 4 atom stereocenters. The summed E-state index contributed by atoms with van der Waals surface area (Å²) in [6.07, 6.45) is 4.22. The van der Waals surface area contributed by atoms with Crippen LogP contribution in [0.1, 0.15) is 44.1 Å². The van der Waals surface area contributed by atoms with Crippen molar-refractivity contribution >= 4 is 46.3 Å². The zero-order chi connectivity index (χ0) is 42.6. The van der Waals surface area contributed by atoms with E-state index in [-0.39, 0.29) is 30.8 Å². The van der Waals surface area contributed by atoms with Gasteiger partial charge in [0.15, 0.2) is 11.4 Å². The van der Waals surface area contributed by atoms with Gasteiger partial charge in [-0.15, -0.1) is 0 Å². The molecule has 0 radical (unpaired) electrons. The van der Waals surface area contributed by atoms with Gasteiger partial charge >= 0.3 is 0 Å². The Kier molecular flexibility index (Phi) is 14.3. The lowest BCUT2D eigenvalue weighted by molar-refractivity contribution is -0.133. The molecular weight excluding hydrogens is 765 g/mol. The van der Waals surface area contributed by atoms with Gasteiger partial charge in [-0.25, -0.2) is 9.97 Å². The fourth-order valence-corrected chi connectivity index (χ4v) is 6.95. The van der Waals surface area contributed by atoms with Gasteiger partial charge in [-0.05, 0) is 43.3 Å². The normalized spacial score (nSPS) is 19.1. The number of nitrogens with zero attached hydrogens (tertiary/aromatic N) is 4. The third-order valence-corrected chi connectivity index (χ3v) is 10.2. The number of amides is 6. The Morgan fingerprint density at radius 2 is 1.32 bits per heavy atom. The number of nitrogens with one attached hydrogen (secondary N) is 6. The first-order valence-electron chi connectivity index (χ1n) is 19.8. The largest absolute Gasteiger partial charge is 0.361 e. The Labute approximate surface area is 347 Å². The van der Waals surface area contributed by atoms with E-state index in [0.717, 1.165) is 27.6 Å². The molecular formula is C44H50N10O6. The summed E-state index contributed by atoms with van der Waals surface area (Å²) in [5.41, 5.74) is 2.68. The van der Waals surface area contributed by atoms with Crippen LogP contribution in [0.15, 0.2) is 104 Å². The molecule has 3 unspecified atom stereocenters. The van der Waals surface area contributed by atoms with Crippen LogP contribution in [0.2, 0.25) is 0 Å². The highest BCUT2D eigenvalue weighted by Gasteiger charge is 2.33. The highest BCUT2D eigenvalue weighted by molar-refractivity contribution is 6.06. The maximum atomic E-state index is 14.3. The van der Waals surface area contributed by atoms with Crippen molar-refractivity contribution in [2.45, 2.75) is 49.9 Å². The molecule has 2 aromatic heterocycles. The molecule has 312 valence electrons. The molecule has 1 aliphatic heterocycles. The molecule has 16 heteroatoms. The zero-order valence-corrected chi connectivity index (χ0v) is 33.8. The summed E-state index contributed by atoms with van der Waals surface area (Å²) in [6.45, 7) is 0.809. The van der Waals surface area contributed by atoms with Crippen molar-refractivity contribution < 1.29 is 28.8 Å². The molecule has 0 saturated carbocycles. The maximum absolute atomic E-state index is 14.3. The number of hydrogen-bond acceptors (Lipinski definition) is 9. The van der Waals surface area contributed by atoms with Crippen LogP contribution >= 0.6 is 0 Å². The van der Waals surface area contributed by atoms with Gasteiger partial charge < -0.3 is 41.4 Å². The zero-order valence-electron chi connectivity index (χ0n) is 33.8. The van der Waals surface area contributed by atoms with Crippen LogP contribution in [0.4, 0.5) is 0 Å². The third kappa shape index (κ3) is 11.4. The summed E-state index contributed by atoms with van der Waals surface area (Å²) in [7, 11) is 5.31. The molecule has 3 heterocycles. The van der Waals surface area contributed by atoms with Crippen molar-refractivity contribution in [1.82, 2.24) is 51.3 Å². The number of hydrogen-bond donors (Lipinski definition) is 6. The number of rotatable bonds is 12. The SMILES string of the molecule is CN(C)CCN(C)C(=O)c1nccnc1C(=O)NC1CC(=O)NC(Cc2c[nH]c3ccccc23)C(=O)NC(Cc2ccccc2)C(=O)N[C@H](Cc2ccccc2)CNC1=O. The van der Waals surface area contributed by atoms with E-state index < -0.39 is 66.0 Å². The summed E-state index contributed by atoms with van der Waals surface area (Å²) < 4.78 is 0. The van der Waals surface area contributed by atoms with Gasteiger partial charge in [-0.1, -0.05) is 78.9 Å². The van der Waals surface area contributed by atoms with Crippen molar-refractivity contribution in [2.75, 3.05) is 40.8 Å². The summed E-state index contributed by atoms with van der Waals surface area (Å²) in [5.74, 6) is -4.03. The third-order valence-electron chi connectivity index (χ3n) is 10.2. The fraction of sp³-hybridized carbons (Fsp3) is 0.318. The standard InChI is InChI=1S/C44H50N10O6/c1-53(2)20-21-54(3)44(60)39-38(45-18-19-46-39)43(59)52-36-25-37(55)50-35(24-30-26-47-33-17-11-10-16-32(30)33)42(58)51-34(23-29-14-8-5-9-15-29)41(57)49-31(27-48-40(36)56)22-28-12-6-4-7-13-28/h4-19,26,31,34-36,47H,20-25,27H2,1-3H3,(H,48,56)(H,49,57)(H,50,55)(H,51,58)(H,52,59)/t31-,34?,35?,36?/m1/s1. The Morgan fingerprint density at radius 1 is 0.700 bits per heavy atom. The number of fused-ring (bicyclic) bond motifs is 1. The second-order valence-electron chi connectivity index (χ2n) is 15.1. The molecule has 6 amide bonds. The molecule has 0 aliphatic carbocycles. The lowest BCUT2D eigenvalue weighted by atomic mass is 10.00. The van der Waals surface area contributed by atoms with Gasteiger partial charge in [0, 0.05) is 69.0 Å². The Balaban J connectivity index is 1.32. The highest BCUT2D eigenvalue weighted by Crippen LogP contribution is 2.20. The van der Waals surface area contributed by atoms with Crippen LogP contribution in [0.5, 0.6) is 0 Å². The molecule has 1 aliphatic rings. The summed E-state index contributed by atoms with van der Waals surface area (Å²) in [6, 6.07) is 21.7. The van der Waals surface area contributed by atoms with E-state index in [1.807, 2.05) is 104 Å². The van der Waals surface area contributed by atoms with Crippen molar-refractivity contribution in [3.63, 3.8) is 0 Å². The number of carbonyl (C=O) groups is 6. The van der Waals surface area contributed by atoms with E-state index in [2.05, 4.69) is 41.5 Å². The van der Waals surface area contributed by atoms with Gasteiger partial charge in [0.25, 0.3) is 11.8 Å². The van der Waals surface area contributed by atoms with Crippen LogP contribution < -0.4 is 26.6 Å².